The zero-order valence-electron chi connectivity index (χ0n) is 9.39. The highest BCUT2D eigenvalue weighted by Gasteiger charge is 2.25. The van der Waals surface area contributed by atoms with E-state index in [0.717, 1.165) is 4.31 Å². The maximum atomic E-state index is 12.2. The van der Waals surface area contributed by atoms with Gasteiger partial charge in [0.05, 0.1) is 17.5 Å². The van der Waals surface area contributed by atoms with Gasteiger partial charge < -0.3 is 9.90 Å². The van der Waals surface area contributed by atoms with Crippen LogP contribution in [0.3, 0.4) is 0 Å². The van der Waals surface area contributed by atoms with Gasteiger partial charge in [0, 0.05) is 11.6 Å². The average molecular weight is 311 g/mol. The number of halogens is 2. The molecule has 0 fully saturated rings. The van der Waals surface area contributed by atoms with Crippen LogP contribution in [0.1, 0.15) is 6.92 Å². The number of carboxylic acids is 1. The van der Waals surface area contributed by atoms with Crippen LogP contribution in [0, 0.1) is 0 Å². The lowest BCUT2D eigenvalue weighted by atomic mass is 10.4. The van der Waals surface area contributed by atoms with Crippen LogP contribution in [0.2, 0.25) is 10.0 Å². The molecule has 0 amide bonds. The number of aliphatic carboxylic acids is 1. The lowest BCUT2D eigenvalue weighted by Crippen LogP contribution is -2.41. The van der Waals surface area contributed by atoms with Crippen molar-refractivity contribution in [3.8, 4) is 0 Å². The molecule has 0 spiro atoms. The van der Waals surface area contributed by atoms with Crippen molar-refractivity contribution >= 4 is 39.2 Å². The molecule has 1 aromatic rings. The second-order valence-electron chi connectivity index (χ2n) is 3.38. The Hall–Kier alpha value is -0.820. The Kier molecular flexibility index (Phi) is 4.98. The molecule has 0 radical (unpaired) electrons. The van der Waals surface area contributed by atoms with Crippen LogP contribution in [-0.4, -0.2) is 31.8 Å². The van der Waals surface area contributed by atoms with E-state index in [0.29, 0.717) is 0 Å². The normalized spacial score (nSPS) is 11.8. The number of hydrogen-bond donors (Lipinski definition) is 0. The van der Waals surface area contributed by atoms with Gasteiger partial charge in [0.15, 0.2) is 0 Å². The van der Waals surface area contributed by atoms with Crippen LogP contribution >= 0.6 is 23.2 Å². The smallest absolute Gasteiger partial charge is 0.244 e. The van der Waals surface area contributed by atoms with Gasteiger partial charge in [0.2, 0.25) is 10.0 Å². The van der Waals surface area contributed by atoms with E-state index < -0.39 is 22.5 Å². The molecule has 1 aromatic carbocycles. The standard InChI is InChI=1S/C10H11Cl2NO4S/c1-2-13(6-10(14)15)18(16,17)9-5-7(11)3-4-8(9)12/h3-5H,2,6H2,1H3,(H,14,15)/p-1. The fourth-order valence-electron chi connectivity index (χ4n) is 1.32. The summed E-state index contributed by atoms with van der Waals surface area (Å²) < 4.78 is 25.1. The lowest BCUT2D eigenvalue weighted by Gasteiger charge is -2.21. The molecule has 18 heavy (non-hydrogen) atoms. The van der Waals surface area contributed by atoms with Crippen molar-refractivity contribution in [2.24, 2.45) is 0 Å². The molecule has 1 rings (SSSR count). The Labute approximate surface area is 115 Å². The molecule has 0 unspecified atom stereocenters. The molecular formula is C10H10Cl2NO4S-. The van der Waals surface area contributed by atoms with E-state index >= 15 is 0 Å². The van der Waals surface area contributed by atoms with Gasteiger partial charge in [-0.05, 0) is 18.2 Å². The summed E-state index contributed by atoms with van der Waals surface area (Å²) in [7, 11) is -4.00. The van der Waals surface area contributed by atoms with E-state index in [1.165, 1.54) is 25.1 Å². The number of carbonyl (C=O) groups excluding carboxylic acids is 1. The first-order chi connectivity index (χ1) is 8.28. The first-order valence-electron chi connectivity index (χ1n) is 4.94. The highest BCUT2D eigenvalue weighted by molar-refractivity contribution is 7.89. The second kappa shape index (κ2) is 5.88. The Morgan fingerprint density at radius 2 is 2.00 bits per heavy atom. The molecule has 0 atom stereocenters. The van der Waals surface area contributed by atoms with Crippen molar-refractivity contribution in [1.82, 2.24) is 4.31 Å². The minimum Gasteiger partial charge on any atom is -0.549 e. The van der Waals surface area contributed by atoms with Crippen molar-refractivity contribution in [1.29, 1.82) is 0 Å². The predicted molar refractivity (Wildman–Crippen MR) is 65.9 cm³/mol. The fourth-order valence-corrected chi connectivity index (χ4v) is 3.46. The van der Waals surface area contributed by atoms with Gasteiger partial charge in [-0.1, -0.05) is 30.1 Å². The largest absolute Gasteiger partial charge is 0.549 e. The van der Waals surface area contributed by atoms with Gasteiger partial charge >= 0.3 is 0 Å². The predicted octanol–water partition coefficient (Wildman–Crippen LogP) is 0.754. The van der Waals surface area contributed by atoms with Crippen LogP contribution in [-0.2, 0) is 14.8 Å². The minimum absolute atomic E-state index is 0.0147. The molecule has 0 heterocycles. The number of hydrogen-bond acceptors (Lipinski definition) is 4. The third-order valence-corrected chi connectivity index (χ3v) is 4.81. The number of carboxylic acid groups (broad SMARTS) is 1. The van der Waals surface area contributed by atoms with Gasteiger partial charge in [-0.15, -0.1) is 0 Å². The van der Waals surface area contributed by atoms with Crippen molar-refractivity contribution in [3.63, 3.8) is 0 Å². The molecule has 0 aliphatic rings. The van der Waals surface area contributed by atoms with E-state index in [4.69, 9.17) is 23.2 Å². The van der Waals surface area contributed by atoms with Crippen LogP contribution in [0.4, 0.5) is 0 Å². The number of rotatable bonds is 5. The number of benzene rings is 1. The van der Waals surface area contributed by atoms with Crippen molar-refractivity contribution < 1.29 is 18.3 Å². The van der Waals surface area contributed by atoms with E-state index in [1.54, 1.807) is 0 Å². The molecule has 0 saturated carbocycles. The highest BCUT2D eigenvalue weighted by Crippen LogP contribution is 2.27. The summed E-state index contributed by atoms with van der Waals surface area (Å²) in [5.74, 6) is -1.49. The summed E-state index contributed by atoms with van der Waals surface area (Å²) in [4.78, 5) is 10.3. The fraction of sp³-hybridized carbons (Fsp3) is 0.300. The quantitative estimate of drug-likeness (QED) is 0.804. The molecule has 0 aromatic heterocycles. The first kappa shape index (κ1) is 15.2. The third-order valence-electron chi connectivity index (χ3n) is 2.17. The summed E-state index contributed by atoms with van der Waals surface area (Å²) in [6.07, 6.45) is 0. The third kappa shape index (κ3) is 3.35. The monoisotopic (exact) mass is 310 g/mol. The molecule has 100 valence electrons. The summed E-state index contributed by atoms with van der Waals surface area (Å²) in [6.45, 7) is 0.764. The number of likely N-dealkylation sites (N-methyl/N-ethyl adjacent to an activating group) is 1. The summed E-state index contributed by atoms with van der Waals surface area (Å²) in [5.41, 5.74) is 0. The first-order valence-corrected chi connectivity index (χ1v) is 7.13. The zero-order chi connectivity index (χ0) is 13.9. The van der Waals surface area contributed by atoms with Gasteiger partial charge in [-0.2, -0.15) is 4.31 Å². The van der Waals surface area contributed by atoms with Crippen LogP contribution in [0.15, 0.2) is 23.1 Å². The maximum Gasteiger partial charge on any atom is 0.244 e. The van der Waals surface area contributed by atoms with Crippen molar-refractivity contribution in [2.75, 3.05) is 13.1 Å². The minimum atomic E-state index is -4.00. The molecule has 0 aliphatic heterocycles. The molecule has 5 nitrogen and oxygen atoms in total. The van der Waals surface area contributed by atoms with Gasteiger partial charge in [-0.3, -0.25) is 0 Å². The lowest BCUT2D eigenvalue weighted by molar-refractivity contribution is -0.305. The van der Waals surface area contributed by atoms with Crippen LogP contribution in [0.25, 0.3) is 0 Å². The Morgan fingerprint density at radius 3 is 2.50 bits per heavy atom. The molecule has 0 N–H and O–H groups in total. The van der Waals surface area contributed by atoms with Crippen LogP contribution < -0.4 is 5.11 Å². The number of carbonyl (C=O) groups is 1. The van der Waals surface area contributed by atoms with Crippen LogP contribution in [0.5, 0.6) is 0 Å². The summed E-state index contributed by atoms with van der Waals surface area (Å²) in [5, 5.41) is 10.7. The van der Waals surface area contributed by atoms with Crippen molar-refractivity contribution in [3.05, 3.63) is 28.2 Å². The Balaban J connectivity index is 3.26. The van der Waals surface area contributed by atoms with Gasteiger partial charge in [0.25, 0.3) is 0 Å². The van der Waals surface area contributed by atoms with E-state index in [2.05, 4.69) is 0 Å². The Morgan fingerprint density at radius 1 is 1.39 bits per heavy atom. The molecular weight excluding hydrogens is 301 g/mol. The topological polar surface area (TPSA) is 77.5 Å². The maximum absolute atomic E-state index is 12.2. The van der Waals surface area contributed by atoms with Gasteiger partial charge in [0.1, 0.15) is 4.90 Å². The molecule has 0 aliphatic carbocycles. The van der Waals surface area contributed by atoms with E-state index in [1.807, 2.05) is 0 Å². The summed E-state index contributed by atoms with van der Waals surface area (Å²) >= 11 is 11.5. The molecule has 8 heteroatoms. The number of nitrogens with zero attached hydrogens (tertiary/aromatic N) is 1. The average Bonchev–Trinajstić information content (AvgIpc) is 2.28. The van der Waals surface area contributed by atoms with E-state index in [-0.39, 0.29) is 21.5 Å². The summed E-state index contributed by atoms with van der Waals surface area (Å²) in [6, 6.07) is 3.96. The second-order valence-corrected chi connectivity index (χ2v) is 6.13. The zero-order valence-corrected chi connectivity index (χ0v) is 11.7. The highest BCUT2D eigenvalue weighted by atomic mass is 35.5. The number of sulfonamides is 1. The molecule has 0 saturated heterocycles. The molecule has 0 bridgehead atoms. The SMILES string of the molecule is CCN(CC(=O)[O-])S(=O)(=O)c1cc(Cl)ccc1Cl. The van der Waals surface area contributed by atoms with Crippen molar-refractivity contribution in [2.45, 2.75) is 11.8 Å². The van der Waals surface area contributed by atoms with E-state index in [9.17, 15) is 18.3 Å². The van der Waals surface area contributed by atoms with Gasteiger partial charge in [-0.25, -0.2) is 8.42 Å². The Bertz CT molecular complexity index is 559.